The van der Waals surface area contributed by atoms with Crippen molar-refractivity contribution < 1.29 is 0 Å². The number of pyridine rings is 1. The van der Waals surface area contributed by atoms with Gasteiger partial charge in [0.15, 0.2) is 0 Å². The van der Waals surface area contributed by atoms with Crippen molar-refractivity contribution in [3.63, 3.8) is 0 Å². The highest BCUT2D eigenvalue weighted by Crippen LogP contribution is 2.43. The lowest BCUT2D eigenvalue weighted by atomic mass is 9.87. The highest BCUT2D eigenvalue weighted by Gasteiger charge is 2.17. The summed E-state index contributed by atoms with van der Waals surface area (Å²) in [5.41, 5.74) is 8.17. The first-order valence-electron chi connectivity index (χ1n) is 12.3. The Kier molecular flexibility index (Phi) is 4.85. The van der Waals surface area contributed by atoms with E-state index in [4.69, 9.17) is 4.98 Å². The van der Waals surface area contributed by atoms with Gasteiger partial charge < -0.3 is 0 Å². The van der Waals surface area contributed by atoms with Crippen LogP contribution in [0.4, 0.5) is 0 Å². The molecule has 0 aliphatic rings. The first kappa shape index (κ1) is 20.6. The summed E-state index contributed by atoms with van der Waals surface area (Å²) in [6.45, 7) is 0. The molecule has 0 aliphatic carbocycles. The Morgan fingerprint density at radius 2 is 0.833 bits per heavy atom. The van der Waals surface area contributed by atoms with Crippen molar-refractivity contribution in [3.05, 3.63) is 140 Å². The number of fused-ring (bicyclic) bond motifs is 3. The Bertz CT molecular complexity index is 1810. The van der Waals surface area contributed by atoms with E-state index in [-0.39, 0.29) is 0 Å². The zero-order chi connectivity index (χ0) is 23.9. The van der Waals surface area contributed by atoms with Gasteiger partial charge in [0.1, 0.15) is 0 Å². The van der Waals surface area contributed by atoms with Gasteiger partial charge in [-0.2, -0.15) is 0 Å². The van der Waals surface area contributed by atoms with Gasteiger partial charge in [-0.05, 0) is 55.9 Å². The quantitative estimate of drug-likeness (QED) is 0.241. The molecule has 1 heterocycles. The smallest absolute Gasteiger partial charge is 0.0722 e. The van der Waals surface area contributed by atoms with E-state index in [1.54, 1.807) is 0 Å². The van der Waals surface area contributed by atoms with Crippen LogP contribution in [0.3, 0.4) is 0 Å². The van der Waals surface area contributed by atoms with Crippen molar-refractivity contribution in [3.8, 4) is 33.5 Å². The Hall–Kier alpha value is -4.75. The van der Waals surface area contributed by atoms with Crippen LogP contribution in [0.1, 0.15) is 0 Å². The topological polar surface area (TPSA) is 12.9 Å². The van der Waals surface area contributed by atoms with E-state index < -0.39 is 0 Å². The van der Waals surface area contributed by atoms with Gasteiger partial charge in [0.05, 0.1) is 11.2 Å². The number of hydrogen-bond donors (Lipinski definition) is 0. The van der Waals surface area contributed by atoms with Crippen molar-refractivity contribution in [2.45, 2.75) is 0 Å². The Balaban J connectivity index is 1.50. The first-order chi connectivity index (χ1) is 17.9. The fraction of sp³-hybridized carbons (Fsp3) is 0. The van der Waals surface area contributed by atoms with Crippen LogP contribution in [-0.2, 0) is 0 Å². The van der Waals surface area contributed by atoms with Crippen LogP contribution < -0.4 is 0 Å². The van der Waals surface area contributed by atoms with E-state index >= 15 is 0 Å². The predicted molar refractivity (Wildman–Crippen MR) is 153 cm³/mol. The molecule has 0 N–H and O–H groups in total. The Morgan fingerprint density at radius 1 is 0.333 bits per heavy atom. The summed E-state index contributed by atoms with van der Waals surface area (Å²) in [5, 5.41) is 6.09. The maximum Gasteiger partial charge on any atom is 0.0722 e. The van der Waals surface area contributed by atoms with Crippen LogP contribution in [0, 0.1) is 0 Å². The zero-order valence-corrected chi connectivity index (χ0v) is 19.7. The molecule has 0 radical (unpaired) electrons. The average Bonchev–Trinajstić information content (AvgIpc) is 2.96. The molecule has 0 saturated carbocycles. The average molecular weight is 458 g/mol. The second-order valence-corrected chi connectivity index (χ2v) is 9.17. The molecule has 0 aliphatic heterocycles. The maximum absolute atomic E-state index is 5.09. The lowest BCUT2D eigenvalue weighted by molar-refractivity contribution is 1.42. The number of para-hydroxylation sites is 1. The molecule has 168 valence electrons. The van der Waals surface area contributed by atoms with Gasteiger partial charge in [-0.25, -0.2) is 4.98 Å². The molecular formula is C35H23N. The third-order valence-electron chi connectivity index (χ3n) is 7.07. The Morgan fingerprint density at radius 3 is 1.50 bits per heavy atom. The highest BCUT2D eigenvalue weighted by molar-refractivity contribution is 6.21. The third kappa shape index (κ3) is 3.37. The normalized spacial score (nSPS) is 11.3. The predicted octanol–water partition coefficient (Wildman–Crippen LogP) is 9.54. The largest absolute Gasteiger partial charge is 0.248 e. The summed E-state index contributed by atoms with van der Waals surface area (Å²) in [4.78, 5) is 5.09. The molecule has 1 heteroatoms. The minimum atomic E-state index is 1.01. The van der Waals surface area contributed by atoms with Crippen LogP contribution in [0.2, 0.25) is 0 Å². The van der Waals surface area contributed by atoms with Gasteiger partial charge in [-0.1, -0.05) is 127 Å². The molecule has 0 spiro atoms. The van der Waals surface area contributed by atoms with Crippen LogP contribution >= 0.6 is 0 Å². The molecule has 6 aromatic carbocycles. The molecule has 0 atom stereocenters. The summed E-state index contributed by atoms with van der Waals surface area (Å²) < 4.78 is 0. The van der Waals surface area contributed by atoms with E-state index in [9.17, 15) is 0 Å². The highest BCUT2D eigenvalue weighted by atomic mass is 14.7. The Labute approximate surface area is 210 Å². The van der Waals surface area contributed by atoms with Gasteiger partial charge in [0.25, 0.3) is 0 Å². The molecule has 0 fully saturated rings. The molecule has 0 saturated heterocycles. The molecule has 36 heavy (non-hydrogen) atoms. The fourth-order valence-corrected chi connectivity index (χ4v) is 5.38. The fourth-order valence-electron chi connectivity index (χ4n) is 5.38. The molecule has 0 bridgehead atoms. The standard InChI is InChI=1S/C35H23N/c1-2-10-24(11-3-1)25-18-20-27(21-19-25)34-28-13-5-7-15-30(28)35(31-16-8-6-14-29(31)34)33-23-22-26-12-4-9-17-32(26)36-33/h1-23H. The number of nitrogens with zero attached hydrogens (tertiary/aromatic N) is 1. The van der Waals surface area contributed by atoms with E-state index in [2.05, 4.69) is 140 Å². The second kappa shape index (κ2) is 8.48. The first-order valence-corrected chi connectivity index (χ1v) is 12.3. The van der Waals surface area contributed by atoms with E-state index in [1.807, 2.05) is 0 Å². The zero-order valence-electron chi connectivity index (χ0n) is 19.7. The third-order valence-corrected chi connectivity index (χ3v) is 7.07. The van der Waals surface area contributed by atoms with Gasteiger partial charge in [-0.15, -0.1) is 0 Å². The van der Waals surface area contributed by atoms with Crippen LogP contribution in [0.15, 0.2) is 140 Å². The van der Waals surface area contributed by atoms with Crippen molar-refractivity contribution in [1.29, 1.82) is 0 Å². The number of benzene rings is 6. The SMILES string of the molecule is c1ccc(-c2ccc(-c3c4ccccc4c(-c4ccc5ccccc5n4)c4ccccc34)cc2)cc1. The van der Waals surface area contributed by atoms with Crippen LogP contribution in [0.25, 0.3) is 66.0 Å². The summed E-state index contributed by atoms with van der Waals surface area (Å²) in [6, 6.07) is 49.6. The molecular weight excluding hydrogens is 434 g/mol. The van der Waals surface area contributed by atoms with Gasteiger partial charge in [-0.3, -0.25) is 0 Å². The molecule has 0 amide bonds. The van der Waals surface area contributed by atoms with Crippen LogP contribution in [-0.4, -0.2) is 4.98 Å². The number of rotatable bonds is 3. The lowest BCUT2D eigenvalue weighted by Gasteiger charge is -2.17. The van der Waals surface area contributed by atoms with E-state index in [0.29, 0.717) is 0 Å². The summed E-state index contributed by atoms with van der Waals surface area (Å²) in [5.74, 6) is 0. The molecule has 1 nitrogen and oxygen atoms in total. The number of aromatic nitrogens is 1. The minimum Gasteiger partial charge on any atom is -0.248 e. The van der Waals surface area contributed by atoms with E-state index in [1.165, 1.54) is 49.4 Å². The molecule has 7 aromatic rings. The monoisotopic (exact) mass is 457 g/mol. The minimum absolute atomic E-state index is 1.01. The molecule has 7 rings (SSSR count). The van der Waals surface area contributed by atoms with Crippen LogP contribution in [0.5, 0.6) is 0 Å². The summed E-state index contributed by atoms with van der Waals surface area (Å²) in [6.07, 6.45) is 0. The van der Waals surface area contributed by atoms with Crippen molar-refractivity contribution in [2.75, 3.05) is 0 Å². The van der Waals surface area contributed by atoms with Crippen molar-refractivity contribution in [2.24, 2.45) is 0 Å². The van der Waals surface area contributed by atoms with Gasteiger partial charge in [0.2, 0.25) is 0 Å². The van der Waals surface area contributed by atoms with Gasteiger partial charge >= 0.3 is 0 Å². The van der Waals surface area contributed by atoms with Crippen molar-refractivity contribution >= 4 is 32.4 Å². The summed E-state index contributed by atoms with van der Waals surface area (Å²) in [7, 11) is 0. The number of hydrogen-bond acceptors (Lipinski definition) is 1. The van der Waals surface area contributed by atoms with Crippen molar-refractivity contribution in [1.82, 2.24) is 4.98 Å². The maximum atomic E-state index is 5.09. The van der Waals surface area contributed by atoms with E-state index in [0.717, 1.165) is 16.6 Å². The summed E-state index contributed by atoms with van der Waals surface area (Å²) >= 11 is 0. The molecule has 0 unspecified atom stereocenters. The van der Waals surface area contributed by atoms with Gasteiger partial charge in [0, 0.05) is 10.9 Å². The molecule has 1 aromatic heterocycles. The lowest BCUT2D eigenvalue weighted by Crippen LogP contribution is -1.92. The second-order valence-electron chi connectivity index (χ2n) is 9.17.